The number of nitrogens with zero attached hydrogens (tertiary/aromatic N) is 4. The Hall–Kier alpha value is -1.57. The van der Waals surface area contributed by atoms with Gasteiger partial charge in [-0.05, 0) is 18.9 Å². The molecule has 3 atom stereocenters. The van der Waals surface area contributed by atoms with Gasteiger partial charge in [0.15, 0.2) is 0 Å². The highest BCUT2D eigenvalue weighted by Crippen LogP contribution is 2.35. The Labute approximate surface area is 139 Å². The summed E-state index contributed by atoms with van der Waals surface area (Å²) >= 11 is 1.72. The van der Waals surface area contributed by atoms with E-state index in [0.717, 1.165) is 32.5 Å². The van der Waals surface area contributed by atoms with E-state index in [-0.39, 0.29) is 6.10 Å². The molecule has 23 heavy (non-hydrogen) atoms. The highest BCUT2D eigenvalue weighted by molar-refractivity contribution is 7.09. The molecule has 0 N–H and O–H groups in total. The van der Waals surface area contributed by atoms with Crippen LogP contribution in [0.4, 0.5) is 0 Å². The van der Waals surface area contributed by atoms with Gasteiger partial charge in [0, 0.05) is 42.5 Å². The van der Waals surface area contributed by atoms with Crippen molar-refractivity contribution in [2.75, 3.05) is 19.8 Å². The molecule has 3 heterocycles. The second-order valence-electron chi connectivity index (χ2n) is 5.98. The van der Waals surface area contributed by atoms with Crippen LogP contribution in [0.25, 0.3) is 0 Å². The molecular formula is C16H20N4O2S. The first-order valence-electron chi connectivity index (χ1n) is 8.04. The first-order valence-corrected chi connectivity index (χ1v) is 8.92. The lowest BCUT2D eigenvalue weighted by Gasteiger charge is -2.38. The van der Waals surface area contributed by atoms with Gasteiger partial charge in [-0.2, -0.15) is 0 Å². The van der Waals surface area contributed by atoms with E-state index in [4.69, 9.17) is 9.47 Å². The molecule has 122 valence electrons. The van der Waals surface area contributed by atoms with Crippen LogP contribution >= 0.6 is 11.3 Å². The van der Waals surface area contributed by atoms with E-state index >= 15 is 0 Å². The summed E-state index contributed by atoms with van der Waals surface area (Å²) in [5.74, 6) is 0.405. The molecule has 1 aliphatic heterocycles. The molecule has 1 saturated heterocycles. The molecule has 2 aliphatic rings. The van der Waals surface area contributed by atoms with E-state index in [1.54, 1.807) is 29.8 Å². The van der Waals surface area contributed by atoms with Crippen LogP contribution in [0.1, 0.15) is 17.8 Å². The molecule has 1 aliphatic carbocycles. The van der Waals surface area contributed by atoms with Crippen molar-refractivity contribution in [1.82, 2.24) is 19.9 Å². The molecule has 0 aromatic carbocycles. The van der Waals surface area contributed by atoms with Crippen LogP contribution in [0.15, 0.2) is 30.0 Å². The standard InChI is InChI=1S/C16H20N4O2S/c1-4-18-16(19-5-1)22-11-12-2-3-13-15(12)21-8-7-20(13)10-14-17-6-9-23-14/h1,4-6,9,12-13,15H,2-3,7-8,10-11H2/t12-,13+,15-/m0/s1. The van der Waals surface area contributed by atoms with Crippen LogP contribution in [-0.4, -0.2) is 51.8 Å². The van der Waals surface area contributed by atoms with Gasteiger partial charge in [-0.1, -0.05) is 0 Å². The quantitative estimate of drug-likeness (QED) is 0.834. The van der Waals surface area contributed by atoms with Gasteiger partial charge in [0.25, 0.3) is 0 Å². The van der Waals surface area contributed by atoms with Gasteiger partial charge in [-0.25, -0.2) is 15.0 Å². The summed E-state index contributed by atoms with van der Waals surface area (Å²) in [5.41, 5.74) is 0. The highest BCUT2D eigenvalue weighted by atomic mass is 32.1. The van der Waals surface area contributed by atoms with Crippen LogP contribution < -0.4 is 4.74 Å². The number of hydrogen-bond donors (Lipinski definition) is 0. The monoisotopic (exact) mass is 332 g/mol. The van der Waals surface area contributed by atoms with Crippen LogP contribution in [0, 0.1) is 5.92 Å². The summed E-state index contributed by atoms with van der Waals surface area (Å²) in [6.07, 6.45) is 7.80. The number of thiazole rings is 1. The topological polar surface area (TPSA) is 60.4 Å². The minimum absolute atomic E-state index is 0.243. The van der Waals surface area contributed by atoms with Crippen LogP contribution in [0.3, 0.4) is 0 Å². The Balaban J connectivity index is 1.37. The molecule has 2 aromatic heterocycles. The molecule has 0 unspecified atom stereocenters. The molecule has 0 amide bonds. The van der Waals surface area contributed by atoms with E-state index in [2.05, 4.69) is 19.9 Å². The van der Waals surface area contributed by atoms with Gasteiger partial charge < -0.3 is 9.47 Å². The maximum absolute atomic E-state index is 6.07. The van der Waals surface area contributed by atoms with Crippen molar-refractivity contribution in [3.63, 3.8) is 0 Å². The van der Waals surface area contributed by atoms with Gasteiger partial charge in [0.2, 0.25) is 0 Å². The number of fused-ring (bicyclic) bond motifs is 1. The van der Waals surface area contributed by atoms with E-state index in [9.17, 15) is 0 Å². The Kier molecular flexibility index (Phi) is 4.50. The third-order valence-electron chi connectivity index (χ3n) is 4.63. The number of ether oxygens (including phenoxy) is 2. The summed E-state index contributed by atoms with van der Waals surface area (Å²) in [4.78, 5) is 15.2. The lowest BCUT2D eigenvalue weighted by atomic mass is 10.0. The maximum Gasteiger partial charge on any atom is 0.316 e. The van der Waals surface area contributed by atoms with Crippen molar-refractivity contribution in [3.8, 4) is 6.01 Å². The van der Waals surface area contributed by atoms with Crippen LogP contribution in [-0.2, 0) is 11.3 Å². The minimum atomic E-state index is 0.243. The Bertz CT molecular complexity index is 610. The number of aromatic nitrogens is 3. The minimum Gasteiger partial charge on any atom is -0.463 e. The molecule has 0 radical (unpaired) electrons. The zero-order valence-corrected chi connectivity index (χ0v) is 13.7. The first kappa shape index (κ1) is 15.0. The van der Waals surface area contributed by atoms with Crippen molar-refractivity contribution in [1.29, 1.82) is 0 Å². The average Bonchev–Trinajstić information content (AvgIpc) is 3.24. The smallest absolute Gasteiger partial charge is 0.316 e. The third-order valence-corrected chi connectivity index (χ3v) is 5.39. The summed E-state index contributed by atoms with van der Waals surface area (Å²) < 4.78 is 11.8. The summed E-state index contributed by atoms with van der Waals surface area (Å²) in [6.45, 7) is 3.31. The Morgan fingerprint density at radius 1 is 1.22 bits per heavy atom. The zero-order chi connectivity index (χ0) is 15.5. The lowest BCUT2D eigenvalue weighted by molar-refractivity contribution is -0.0819. The Morgan fingerprint density at radius 2 is 2.13 bits per heavy atom. The largest absolute Gasteiger partial charge is 0.463 e. The third kappa shape index (κ3) is 3.36. The molecule has 2 aromatic rings. The van der Waals surface area contributed by atoms with Crippen molar-refractivity contribution in [3.05, 3.63) is 35.0 Å². The fraction of sp³-hybridized carbons (Fsp3) is 0.562. The predicted octanol–water partition coefficient (Wildman–Crippen LogP) is 1.99. The van der Waals surface area contributed by atoms with E-state index in [1.807, 2.05) is 11.6 Å². The molecule has 7 heteroatoms. The zero-order valence-electron chi connectivity index (χ0n) is 12.9. The van der Waals surface area contributed by atoms with Gasteiger partial charge in [-0.3, -0.25) is 4.90 Å². The molecule has 2 fully saturated rings. The molecule has 1 saturated carbocycles. The number of hydrogen-bond acceptors (Lipinski definition) is 7. The van der Waals surface area contributed by atoms with E-state index < -0.39 is 0 Å². The van der Waals surface area contributed by atoms with Crippen LogP contribution in [0.5, 0.6) is 6.01 Å². The summed E-state index contributed by atoms with van der Waals surface area (Å²) in [7, 11) is 0. The van der Waals surface area contributed by atoms with E-state index in [0.29, 0.717) is 24.6 Å². The molecule has 6 nitrogen and oxygen atoms in total. The summed E-state index contributed by atoms with van der Waals surface area (Å²) in [5, 5.41) is 3.22. The molecule has 0 spiro atoms. The van der Waals surface area contributed by atoms with Crippen LogP contribution in [0.2, 0.25) is 0 Å². The highest BCUT2D eigenvalue weighted by Gasteiger charge is 2.43. The van der Waals surface area contributed by atoms with Gasteiger partial charge >= 0.3 is 6.01 Å². The predicted molar refractivity (Wildman–Crippen MR) is 86.3 cm³/mol. The Morgan fingerprint density at radius 3 is 2.96 bits per heavy atom. The SMILES string of the molecule is c1cnc(OC[C@@H]2CC[C@@H]3[C@H]2OCCN3Cc2nccs2)nc1. The lowest BCUT2D eigenvalue weighted by Crippen LogP contribution is -2.50. The molecule has 4 rings (SSSR count). The second kappa shape index (κ2) is 6.90. The summed E-state index contributed by atoms with van der Waals surface area (Å²) in [6, 6.07) is 2.71. The van der Waals surface area contributed by atoms with Crippen molar-refractivity contribution in [2.24, 2.45) is 5.92 Å². The fourth-order valence-electron chi connectivity index (χ4n) is 3.56. The van der Waals surface area contributed by atoms with Gasteiger partial charge in [0.05, 0.1) is 25.9 Å². The van der Waals surface area contributed by atoms with Crippen molar-refractivity contribution >= 4 is 11.3 Å². The fourth-order valence-corrected chi connectivity index (χ4v) is 4.20. The normalized spacial score (nSPS) is 27.7. The maximum atomic E-state index is 6.07. The molecule has 0 bridgehead atoms. The second-order valence-corrected chi connectivity index (χ2v) is 6.96. The average molecular weight is 332 g/mol. The van der Waals surface area contributed by atoms with Crippen molar-refractivity contribution < 1.29 is 9.47 Å². The number of rotatable bonds is 5. The first-order chi connectivity index (χ1) is 11.4. The van der Waals surface area contributed by atoms with Gasteiger partial charge in [0.1, 0.15) is 5.01 Å². The van der Waals surface area contributed by atoms with E-state index in [1.165, 1.54) is 5.01 Å². The van der Waals surface area contributed by atoms with Crippen molar-refractivity contribution in [2.45, 2.75) is 31.5 Å². The molecular weight excluding hydrogens is 312 g/mol. The number of morpholine rings is 1. The van der Waals surface area contributed by atoms with Gasteiger partial charge in [-0.15, -0.1) is 11.3 Å².